The van der Waals surface area contributed by atoms with Crippen LogP contribution in [-0.4, -0.2) is 4.98 Å². The van der Waals surface area contributed by atoms with Crippen molar-refractivity contribution >= 4 is 27.7 Å². The Morgan fingerprint density at radius 1 is 1.47 bits per heavy atom. The Labute approximate surface area is 99.3 Å². The number of benzene rings is 1. The van der Waals surface area contributed by atoms with E-state index in [1.165, 1.54) is 18.0 Å². The van der Waals surface area contributed by atoms with Gasteiger partial charge < -0.3 is 4.42 Å². The predicted molar refractivity (Wildman–Crippen MR) is 59.5 cm³/mol. The van der Waals surface area contributed by atoms with E-state index < -0.39 is 0 Å². The van der Waals surface area contributed by atoms with Gasteiger partial charge in [-0.2, -0.15) is 5.26 Å². The second-order valence-corrected chi connectivity index (χ2v) is 4.50. The third kappa shape index (κ3) is 2.41. The minimum Gasteiger partial charge on any atom is -0.440 e. The molecule has 0 saturated carbocycles. The van der Waals surface area contributed by atoms with Crippen molar-refractivity contribution in [3.8, 4) is 6.07 Å². The highest BCUT2D eigenvalue weighted by Crippen LogP contribution is 2.32. The lowest BCUT2D eigenvalue weighted by Crippen LogP contribution is -1.79. The molecule has 2 rings (SSSR count). The summed E-state index contributed by atoms with van der Waals surface area (Å²) in [5.41, 5.74) is 0.624. The van der Waals surface area contributed by atoms with Crippen LogP contribution in [0, 0.1) is 11.3 Å². The van der Waals surface area contributed by atoms with E-state index in [4.69, 9.17) is 9.68 Å². The smallest absolute Gasteiger partial charge is 0.260 e. The van der Waals surface area contributed by atoms with Crippen LogP contribution in [0.15, 0.2) is 49.7 Å². The molecule has 0 bridgehead atoms. The van der Waals surface area contributed by atoms with Gasteiger partial charge in [0.25, 0.3) is 5.22 Å². The quantitative estimate of drug-likeness (QED) is 0.845. The second-order valence-electron chi connectivity index (χ2n) is 2.66. The molecule has 3 nitrogen and oxygen atoms in total. The third-order valence-corrected chi connectivity index (χ3v) is 3.54. The predicted octanol–water partition coefficient (Wildman–Crippen LogP) is 3.46. The number of nitrogens with zero attached hydrogens (tertiary/aromatic N) is 2. The lowest BCUT2D eigenvalue weighted by atomic mass is 10.2. The highest BCUT2D eigenvalue weighted by atomic mass is 79.9. The molecule has 0 atom stereocenters. The molecule has 5 heteroatoms. The fraction of sp³-hybridized carbons (Fsp3) is 0. The fourth-order valence-electron chi connectivity index (χ4n) is 1.01. The zero-order chi connectivity index (χ0) is 10.7. The highest BCUT2D eigenvalue weighted by Gasteiger charge is 2.06. The van der Waals surface area contributed by atoms with E-state index in [1.807, 2.05) is 6.07 Å². The van der Waals surface area contributed by atoms with Crippen LogP contribution >= 0.6 is 27.7 Å². The van der Waals surface area contributed by atoms with Gasteiger partial charge in [-0.05, 0) is 45.9 Å². The lowest BCUT2D eigenvalue weighted by Gasteiger charge is -2.00. The summed E-state index contributed by atoms with van der Waals surface area (Å²) in [5.74, 6) is 0. The summed E-state index contributed by atoms with van der Waals surface area (Å²) in [4.78, 5) is 4.97. The number of halogens is 1. The molecule has 0 aliphatic heterocycles. The standard InChI is InChI=1S/C10H5BrN2OS/c11-8-5-7(6-12)1-2-9(8)15-10-13-3-4-14-10/h1-5H. The van der Waals surface area contributed by atoms with E-state index in [1.54, 1.807) is 18.3 Å². The summed E-state index contributed by atoms with van der Waals surface area (Å²) in [6.45, 7) is 0. The van der Waals surface area contributed by atoms with E-state index in [0.29, 0.717) is 10.8 Å². The average Bonchev–Trinajstić information content (AvgIpc) is 2.74. The summed E-state index contributed by atoms with van der Waals surface area (Å²) < 4.78 is 5.98. The summed E-state index contributed by atoms with van der Waals surface area (Å²) in [6.07, 6.45) is 3.12. The van der Waals surface area contributed by atoms with Gasteiger partial charge in [0.15, 0.2) is 0 Å². The van der Waals surface area contributed by atoms with Gasteiger partial charge in [0.2, 0.25) is 0 Å². The molecular weight excluding hydrogens is 276 g/mol. The monoisotopic (exact) mass is 280 g/mol. The Hall–Kier alpha value is -1.25. The maximum atomic E-state index is 8.70. The van der Waals surface area contributed by atoms with Crippen LogP contribution in [0.3, 0.4) is 0 Å². The minimum absolute atomic E-state index is 0.584. The van der Waals surface area contributed by atoms with Gasteiger partial charge in [-0.1, -0.05) is 0 Å². The number of rotatable bonds is 2. The molecule has 1 aromatic carbocycles. The summed E-state index contributed by atoms with van der Waals surface area (Å²) in [7, 11) is 0. The van der Waals surface area contributed by atoms with Crippen LogP contribution in [0.25, 0.3) is 0 Å². The van der Waals surface area contributed by atoms with Gasteiger partial charge in [0.05, 0.1) is 17.8 Å². The van der Waals surface area contributed by atoms with Crippen molar-refractivity contribution in [2.24, 2.45) is 0 Å². The molecule has 74 valence electrons. The van der Waals surface area contributed by atoms with Crippen molar-refractivity contribution in [3.05, 3.63) is 40.7 Å². The molecule has 0 spiro atoms. The van der Waals surface area contributed by atoms with Gasteiger partial charge >= 0.3 is 0 Å². The maximum absolute atomic E-state index is 8.70. The number of aromatic nitrogens is 1. The first-order valence-corrected chi connectivity index (χ1v) is 5.67. The Kier molecular flexibility index (Phi) is 3.09. The summed E-state index contributed by atoms with van der Waals surface area (Å²) in [5, 5.41) is 9.28. The van der Waals surface area contributed by atoms with Crippen LogP contribution in [-0.2, 0) is 0 Å². The Balaban J connectivity index is 2.27. The number of hydrogen-bond donors (Lipinski definition) is 0. The molecule has 1 aromatic heterocycles. The molecule has 0 fully saturated rings. The van der Waals surface area contributed by atoms with Gasteiger partial charge in [0, 0.05) is 9.37 Å². The van der Waals surface area contributed by atoms with Crippen molar-refractivity contribution in [1.82, 2.24) is 4.98 Å². The normalized spacial score (nSPS) is 9.87. The van der Waals surface area contributed by atoms with Crippen LogP contribution in [0.4, 0.5) is 0 Å². The van der Waals surface area contributed by atoms with Gasteiger partial charge in [-0.15, -0.1) is 0 Å². The molecule has 0 N–H and O–H groups in total. The fourth-order valence-corrected chi connectivity index (χ4v) is 2.33. The second kappa shape index (κ2) is 4.51. The Bertz CT molecular complexity index is 505. The number of hydrogen-bond acceptors (Lipinski definition) is 4. The van der Waals surface area contributed by atoms with Crippen LogP contribution in [0.2, 0.25) is 0 Å². The van der Waals surface area contributed by atoms with E-state index in [0.717, 1.165) is 9.37 Å². The first-order valence-electron chi connectivity index (χ1n) is 4.06. The van der Waals surface area contributed by atoms with Crippen LogP contribution in [0.1, 0.15) is 5.56 Å². The van der Waals surface area contributed by atoms with Gasteiger partial charge in [-0.25, -0.2) is 4.98 Å². The van der Waals surface area contributed by atoms with Gasteiger partial charge in [0.1, 0.15) is 6.26 Å². The summed E-state index contributed by atoms with van der Waals surface area (Å²) >= 11 is 4.80. The Morgan fingerprint density at radius 2 is 2.33 bits per heavy atom. The largest absolute Gasteiger partial charge is 0.440 e. The van der Waals surface area contributed by atoms with Crippen molar-refractivity contribution < 1.29 is 4.42 Å². The molecule has 0 unspecified atom stereocenters. The Morgan fingerprint density at radius 3 is 2.93 bits per heavy atom. The lowest BCUT2D eigenvalue weighted by molar-refractivity contribution is 0.454. The molecule has 0 aliphatic rings. The SMILES string of the molecule is N#Cc1ccc(Sc2ncco2)c(Br)c1. The molecule has 0 aliphatic carbocycles. The first kappa shape index (κ1) is 10.3. The maximum Gasteiger partial charge on any atom is 0.260 e. The van der Waals surface area contributed by atoms with Crippen LogP contribution < -0.4 is 0 Å². The van der Waals surface area contributed by atoms with E-state index in [-0.39, 0.29) is 0 Å². The minimum atomic E-state index is 0.584. The zero-order valence-corrected chi connectivity index (χ0v) is 9.88. The zero-order valence-electron chi connectivity index (χ0n) is 7.48. The van der Waals surface area contributed by atoms with Crippen LogP contribution in [0.5, 0.6) is 0 Å². The van der Waals surface area contributed by atoms with Crippen molar-refractivity contribution in [1.29, 1.82) is 5.26 Å². The first-order chi connectivity index (χ1) is 7.29. The highest BCUT2D eigenvalue weighted by molar-refractivity contribution is 9.10. The van der Waals surface area contributed by atoms with Crippen molar-refractivity contribution in [2.75, 3.05) is 0 Å². The molecule has 0 radical (unpaired) electrons. The molecule has 0 amide bonds. The van der Waals surface area contributed by atoms with E-state index in [9.17, 15) is 0 Å². The molecular formula is C10H5BrN2OS. The summed E-state index contributed by atoms with van der Waals surface area (Å²) in [6, 6.07) is 7.46. The molecule has 2 aromatic rings. The van der Waals surface area contributed by atoms with Crippen molar-refractivity contribution in [2.45, 2.75) is 10.1 Å². The average molecular weight is 281 g/mol. The van der Waals surface area contributed by atoms with Crippen molar-refractivity contribution in [3.63, 3.8) is 0 Å². The number of oxazole rings is 1. The third-order valence-electron chi connectivity index (χ3n) is 1.67. The molecule has 15 heavy (non-hydrogen) atoms. The molecule has 1 heterocycles. The number of nitriles is 1. The topological polar surface area (TPSA) is 49.8 Å². The van der Waals surface area contributed by atoms with E-state index in [2.05, 4.69) is 27.0 Å². The van der Waals surface area contributed by atoms with E-state index >= 15 is 0 Å². The van der Waals surface area contributed by atoms with Gasteiger partial charge in [-0.3, -0.25) is 0 Å². The molecule has 0 saturated heterocycles.